The zero-order valence-corrected chi connectivity index (χ0v) is 9.46. The average molecular weight is 224 g/mol. The quantitative estimate of drug-likeness (QED) is 0.819. The Labute approximate surface area is 94.1 Å². The van der Waals surface area contributed by atoms with Gasteiger partial charge in [-0.05, 0) is 18.6 Å². The minimum absolute atomic E-state index is 0.469. The van der Waals surface area contributed by atoms with Crippen molar-refractivity contribution in [2.24, 2.45) is 0 Å². The highest BCUT2D eigenvalue weighted by Crippen LogP contribution is 2.24. The van der Waals surface area contributed by atoms with E-state index in [-0.39, 0.29) is 0 Å². The summed E-state index contributed by atoms with van der Waals surface area (Å²) in [5.74, 6) is 2.53. The molecular formula is C10H16N4S. The molecule has 1 fully saturated rings. The molecule has 1 saturated heterocycles. The molecule has 3 N–H and O–H groups in total. The molecule has 1 aliphatic heterocycles. The van der Waals surface area contributed by atoms with Crippen LogP contribution in [-0.2, 0) is 0 Å². The fraction of sp³-hybridized carbons (Fsp3) is 0.600. The Morgan fingerprint density at radius 2 is 2.40 bits per heavy atom. The first-order chi connectivity index (χ1) is 7.34. The highest BCUT2D eigenvalue weighted by molar-refractivity contribution is 7.99. The number of rotatable bonds is 3. The van der Waals surface area contributed by atoms with Crippen LogP contribution in [0.25, 0.3) is 0 Å². The molecular weight excluding hydrogens is 208 g/mol. The SMILES string of the molecule is Nc1cncc(NCC2CCCCS2)n1. The topological polar surface area (TPSA) is 63.8 Å². The number of nitrogens with two attached hydrogens (primary N) is 1. The van der Waals surface area contributed by atoms with Gasteiger partial charge < -0.3 is 11.1 Å². The van der Waals surface area contributed by atoms with Gasteiger partial charge in [-0.25, -0.2) is 4.98 Å². The van der Waals surface area contributed by atoms with Crippen LogP contribution in [0.2, 0.25) is 0 Å². The van der Waals surface area contributed by atoms with Gasteiger partial charge in [0.05, 0.1) is 12.4 Å². The lowest BCUT2D eigenvalue weighted by atomic mass is 10.2. The molecule has 0 radical (unpaired) electrons. The number of anilines is 2. The van der Waals surface area contributed by atoms with Gasteiger partial charge in [0, 0.05) is 11.8 Å². The van der Waals surface area contributed by atoms with Gasteiger partial charge in [0.1, 0.15) is 11.6 Å². The van der Waals surface area contributed by atoms with Crippen molar-refractivity contribution in [1.82, 2.24) is 9.97 Å². The molecule has 1 unspecified atom stereocenters. The van der Waals surface area contributed by atoms with Crippen LogP contribution in [0, 0.1) is 0 Å². The van der Waals surface area contributed by atoms with Crippen molar-refractivity contribution < 1.29 is 0 Å². The second-order valence-corrected chi connectivity index (χ2v) is 5.11. The van der Waals surface area contributed by atoms with Gasteiger partial charge in [-0.15, -0.1) is 0 Å². The van der Waals surface area contributed by atoms with Crippen LogP contribution >= 0.6 is 11.8 Å². The number of nitrogen functional groups attached to an aromatic ring is 1. The van der Waals surface area contributed by atoms with E-state index in [1.807, 2.05) is 11.8 Å². The highest BCUT2D eigenvalue weighted by Gasteiger charge is 2.13. The van der Waals surface area contributed by atoms with Crippen molar-refractivity contribution in [3.8, 4) is 0 Å². The van der Waals surface area contributed by atoms with Crippen LogP contribution in [0.3, 0.4) is 0 Å². The summed E-state index contributed by atoms with van der Waals surface area (Å²) in [6.45, 7) is 0.961. The molecule has 5 heteroatoms. The second kappa shape index (κ2) is 5.21. The number of aromatic nitrogens is 2. The first kappa shape index (κ1) is 10.5. The third-order valence-electron chi connectivity index (χ3n) is 2.44. The number of nitrogens with one attached hydrogen (secondary N) is 1. The number of hydrogen-bond acceptors (Lipinski definition) is 5. The summed E-state index contributed by atoms with van der Waals surface area (Å²) in [6, 6.07) is 0. The molecule has 0 aromatic carbocycles. The summed E-state index contributed by atoms with van der Waals surface area (Å²) in [4.78, 5) is 8.14. The molecule has 0 amide bonds. The predicted octanol–water partition coefficient (Wildman–Crippen LogP) is 1.76. The van der Waals surface area contributed by atoms with Gasteiger partial charge in [-0.2, -0.15) is 11.8 Å². The second-order valence-electron chi connectivity index (χ2n) is 3.70. The Morgan fingerprint density at radius 3 is 3.13 bits per heavy atom. The van der Waals surface area contributed by atoms with Gasteiger partial charge in [0.25, 0.3) is 0 Å². The third-order valence-corrected chi connectivity index (χ3v) is 3.84. The van der Waals surface area contributed by atoms with E-state index in [2.05, 4.69) is 15.3 Å². The lowest BCUT2D eigenvalue weighted by molar-refractivity contribution is 0.677. The number of thioether (sulfide) groups is 1. The van der Waals surface area contributed by atoms with Gasteiger partial charge in [0.15, 0.2) is 0 Å². The van der Waals surface area contributed by atoms with Gasteiger partial charge in [0.2, 0.25) is 0 Å². The van der Waals surface area contributed by atoms with E-state index in [0.717, 1.165) is 12.4 Å². The van der Waals surface area contributed by atoms with Crippen molar-refractivity contribution in [2.45, 2.75) is 24.5 Å². The molecule has 0 spiro atoms. The maximum Gasteiger partial charge on any atom is 0.146 e. The smallest absolute Gasteiger partial charge is 0.146 e. The van der Waals surface area contributed by atoms with E-state index in [1.54, 1.807) is 12.4 Å². The summed E-state index contributed by atoms with van der Waals surface area (Å²) < 4.78 is 0. The summed E-state index contributed by atoms with van der Waals surface area (Å²) in [5.41, 5.74) is 5.55. The molecule has 1 aliphatic rings. The Morgan fingerprint density at radius 1 is 1.47 bits per heavy atom. The van der Waals surface area contributed by atoms with E-state index in [1.165, 1.54) is 25.0 Å². The molecule has 0 aliphatic carbocycles. The zero-order chi connectivity index (χ0) is 10.5. The molecule has 1 atom stereocenters. The predicted molar refractivity (Wildman–Crippen MR) is 65.0 cm³/mol. The molecule has 1 aromatic rings. The summed E-state index contributed by atoms with van der Waals surface area (Å²) in [7, 11) is 0. The number of hydrogen-bond donors (Lipinski definition) is 2. The molecule has 2 heterocycles. The molecule has 15 heavy (non-hydrogen) atoms. The minimum Gasteiger partial charge on any atom is -0.382 e. The molecule has 82 valence electrons. The van der Waals surface area contributed by atoms with E-state index in [4.69, 9.17) is 5.73 Å². The lowest BCUT2D eigenvalue weighted by Crippen LogP contribution is -2.20. The van der Waals surface area contributed by atoms with Crippen molar-refractivity contribution >= 4 is 23.4 Å². The van der Waals surface area contributed by atoms with E-state index in [0.29, 0.717) is 11.1 Å². The first-order valence-corrected chi connectivity index (χ1v) is 6.32. The molecule has 4 nitrogen and oxygen atoms in total. The van der Waals surface area contributed by atoms with Crippen LogP contribution in [0.4, 0.5) is 11.6 Å². The Bertz CT molecular complexity index is 312. The number of nitrogens with zero attached hydrogens (tertiary/aromatic N) is 2. The van der Waals surface area contributed by atoms with Gasteiger partial charge in [-0.1, -0.05) is 6.42 Å². The third kappa shape index (κ3) is 3.27. The van der Waals surface area contributed by atoms with Crippen LogP contribution in [0.5, 0.6) is 0 Å². The van der Waals surface area contributed by atoms with Crippen molar-refractivity contribution in [2.75, 3.05) is 23.3 Å². The molecule has 0 bridgehead atoms. The maximum absolute atomic E-state index is 5.55. The average Bonchev–Trinajstić information content (AvgIpc) is 2.28. The summed E-state index contributed by atoms with van der Waals surface area (Å²) >= 11 is 2.04. The summed E-state index contributed by atoms with van der Waals surface area (Å²) in [5, 5.41) is 3.99. The fourth-order valence-corrected chi connectivity index (χ4v) is 2.89. The monoisotopic (exact) mass is 224 g/mol. The summed E-state index contributed by atoms with van der Waals surface area (Å²) in [6.07, 6.45) is 7.28. The first-order valence-electron chi connectivity index (χ1n) is 5.27. The Balaban J connectivity index is 1.81. The van der Waals surface area contributed by atoms with Crippen molar-refractivity contribution in [3.05, 3.63) is 12.4 Å². The van der Waals surface area contributed by atoms with E-state index < -0.39 is 0 Å². The normalized spacial score (nSPS) is 21.2. The van der Waals surface area contributed by atoms with Crippen LogP contribution in [0.15, 0.2) is 12.4 Å². The molecule has 1 aromatic heterocycles. The Hall–Kier alpha value is -0.970. The molecule has 0 saturated carbocycles. The Kier molecular flexibility index (Phi) is 3.66. The minimum atomic E-state index is 0.469. The van der Waals surface area contributed by atoms with E-state index in [9.17, 15) is 0 Å². The largest absolute Gasteiger partial charge is 0.382 e. The van der Waals surface area contributed by atoms with Crippen molar-refractivity contribution in [1.29, 1.82) is 0 Å². The lowest BCUT2D eigenvalue weighted by Gasteiger charge is -2.21. The van der Waals surface area contributed by atoms with Crippen LogP contribution < -0.4 is 11.1 Å². The maximum atomic E-state index is 5.55. The standard InChI is InChI=1S/C10H16N4S/c11-9-6-12-7-10(14-9)13-5-8-3-1-2-4-15-8/h6-8H,1-5H2,(H3,11,13,14). The van der Waals surface area contributed by atoms with Crippen LogP contribution in [0.1, 0.15) is 19.3 Å². The van der Waals surface area contributed by atoms with Crippen molar-refractivity contribution in [3.63, 3.8) is 0 Å². The van der Waals surface area contributed by atoms with Gasteiger partial charge in [-0.3, -0.25) is 4.98 Å². The molecule has 2 rings (SSSR count). The van der Waals surface area contributed by atoms with Crippen LogP contribution in [-0.4, -0.2) is 27.5 Å². The van der Waals surface area contributed by atoms with Gasteiger partial charge >= 0.3 is 0 Å². The highest BCUT2D eigenvalue weighted by atomic mass is 32.2. The van der Waals surface area contributed by atoms with E-state index >= 15 is 0 Å². The fourth-order valence-electron chi connectivity index (χ4n) is 1.65. The zero-order valence-electron chi connectivity index (χ0n) is 8.65.